The molecule has 1 aromatic carbocycles. The first-order valence-corrected chi connectivity index (χ1v) is 8.40. The molecule has 0 spiro atoms. The zero-order chi connectivity index (χ0) is 18.1. The van der Waals surface area contributed by atoms with E-state index in [2.05, 4.69) is 5.16 Å². The van der Waals surface area contributed by atoms with Gasteiger partial charge < -0.3 is 14.5 Å². The summed E-state index contributed by atoms with van der Waals surface area (Å²) >= 11 is 0. The second-order valence-corrected chi connectivity index (χ2v) is 6.69. The van der Waals surface area contributed by atoms with Crippen molar-refractivity contribution < 1.29 is 19.2 Å². The number of rotatable bonds is 4. The summed E-state index contributed by atoms with van der Waals surface area (Å²) in [5, 5.41) is 13.5. The Morgan fingerprint density at radius 1 is 1.32 bits per heavy atom. The Bertz CT molecular complexity index is 792. The van der Waals surface area contributed by atoms with E-state index in [1.807, 2.05) is 45.0 Å². The van der Waals surface area contributed by atoms with Gasteiger partial charge in [0.15, 0.2) is 0 Å². The van der Waals surface area contributed by atoms with Crippen molar-refractivity contribution in [3.8, 4) is 0 Å². The zero-order valence-corrected chi connectivity index (χ0v) is 14.7. The lowest BCUT2D eigenvalue weighted by Crippen LogP contribution is -2.48. The standard InChI is InChI=1S/C19H22N2O4/c1-11(18-12(2)20-25-13(18)3)8-17(22)21-10-15-7-5-4-6-14(15)9-16(21)19(23)24/h4-7,11,16H,8-10H2,1-3H3,(H,23,24)/t11-,16-/m1/s1. The zero-order valence-electron chi connectivity index (χ0n) is 14.7. The van der Waals surface area contributed by atoms with Gasteiger partial charge in [0.05, 0.1) is 5.69 Å². The first-order valence-electron chi connectivity index (χ1n) is 8.40. The van der Waals surface area contributed by atoms with Gasteiger partial charge in [-0.3, -0.25) is 4.79 Å². The van der Waals surface area contributed by atoms with Gasteiger partial charge in [-0.05, 0) is 30.9 Å². The van der Waals surface area contributed by atoms with E-state index in [-0.39, 0.29) is 18.2 Å². The fraction of sp³-hybridized carbons (Fsp3) is 0.421. The number of aromatic nitrogens is 1. The third-order valence-electron chi connectivity index (χ3n) is 4.92. The molecule has 1 aliphatic rings. The van der Waals surface area contributed by atoms with Crippen LogP contribution >= 0.6 is 0 Å². The highest BCUT2D eigenvalue weighted by Crippen LogP contribution is 2.29. The topological polar surface area (TPSA) is 83.6 Å². The van der Waals surface area contributed by atoms with Crippen LogP contribution in [0.3, 0.4) is 0 Å². The van der Waals surface area contributed by atoms with E-state index in [1.54, 1.807) is 0 Å². The summed E-state index contributed by atoms with van der Waals surface area (Å²) in [7, 11) is 0. The summed E-state index contributed by atoms with van der Waals surface area (Å²) in [5.41, 5.74) is 3.71. The summed E-state index contributed by atoms with van der Waals surface area (Å²) in [6, 6.07) is 6.87. The highest BCUT2D eigenvalue weighted by Gasteiger charge is 2.35. The van der Waals surface area contributed by atoms with Crippen molar-refractivity contribution in [2.24, 2.45) is 0 Å². The number of nitrogens with zero attached hydrogens (tertiary/aromatic N) is 2. The number of hydrogen-bond acceptors (Lipinski definition) is 4. The molecule has 1 amide bonds. The average Bonchev–Trinajstić information content (AvgIpc) is 2.92. The third-order valence-corrected chi connectivity index (χ3v) is 4.92. The fourth-order valence-electron chi connectivity index (χ4n) is 3.68. The van der Waals surface area contributed by atoms with Gasteiger partial charge in [0.2, 0.25) is 5.91 Å². The number of carboxylic acid groups (broad SMARTS) is 1. The molecule has 2 heterocycles. The lowest BCUT2D eigenvalue weighted by Gasteiger charge is -2.35. The predicted molar refractivity (Wildman–Crippen MR) is 91.1 cm³/mol. The Balaban J connectivity index is 1.81. The Hall–Kier alpha value is -2.63. The second-order valence-electron chi connectivity index (χ2n) is 6.69. The largest absolute Gasteiger partial charge is 0.480 e. The molecule has 3 rings (SSSR count). The first-order chi connectivity index (χ1) is 11.9. The predicted octanol–water partition coefficient (Wildman–Crippen LogP) is 2.82. The number of benzene rings is 1. The monoisotopic (exact) mass is 342 g/mol. The number of carbonyl (C=O) groups is 2. The smallest absolute Gasteiger partial charge is 0.326 e. The molecule has 1 aliphatic heterocycles. The van der Waals surface area contributed by atoms with Crippen molar-refractivity contribution in [2.45, 2.75) is 52.1 Å². The van der Waals surface area contributed by atoms with E-state index >= 15 is 0 Å². The van der Waals surface area contributed by atoms with E-state index in [0.29, 0.717) is 18.7 Å². The number of fused-ring (bicyclic) bond motifs is 1. The van der Waals surface area contributed by atoms with Crippen molar-refractivity contribution in [3.63, 3.8) is 0 Å². The molecular weight excluding hydrogens is 320 g/mol. The second kappa shape index (κ2) is 6.70. The van der Waals surface area contributed by atoms with E-state index in [0.717, 1.165) is 22.4 Å². The maximum atomic E-state index is 12.9. The molecule has 1 aromatic heterocycles. The molecule has 0 radical (unpaired) electrons. The Labute approximate surface area is 146 Å². The van der Waals surface area contributed by atoms with Crippen molar-refractivity contribution in [1.82, 2.24) is 10.1 Å². The molecule has 6 nitrogen and oxygen atoms in total. The van der Waals surface area contributed by atoms with Gasteiger partial charge in [0.25, 0.3) is 0 Å². The van der Waals surface area contributed by atoms with Crippen LogP contribution in [0.5, 0.6) is 0 Å². The molecule has 0 saturated heterocycles. The van der Waals surface area contributed by atoms with E-state index in [9.17, 15) is 14.7 Å². The van der Waals surface area contributed by atoms with Crippen LogP contribution in [0.15, 0.2) is 28.8 Å². The SMILES string of the molecule is Cc1noc(C)c1[C@H](C)CC(=O)N1Cc2ccccc2C[C@@H]1C(=O)O. The lowest BCUT2D eigenvalue weighted by atomic mass is 9.91. The van der Waals surface area contributed by atoms with E-state index < -0.39 is 12.0 Å². The lowest BCUT2D eigenvalue weighted by molar-refractivity contribution is -0.151. The highest BCUT2D eigenvalue weighted by molar-refractivity contribution is 5.85. The van der Waals surface area contributed by atoms with Crippen molar-refractivity contribution in [2.75, 3.05) is 0 Å². The maximum Gasteiger partial charge on any atom is 0.326 e. The minimum atomic E-state index is -0.965. The number of carboxylic acids is 1. The Kier molecular flexibility index (Phi) is 4.61. The van der Waals surface area contributed by atoms with Gasteiger partial charge in [-0.15, -0.1) is 0 Å². The molecule has 25 heavy (non-hydrogen) atoms. The average molecular weight is 342 g/mol. The molecule has 0 saturated carbocycles. The van der Waals surface area contributed by atoms with Crippen molar-refractivity contribution in [1.29, 1.82) is 0 Å². The summed E-state index contributed by atoms with van der Waals surface area (Å²) < 4.78 is 5.18. The van der Waals surface area contributed by atoms with Crippen LogP contribution in [0.25, 0.3) is 0 Å². The highest BCUT2D eigenvalue weighted by atomic mass is 16.5. The van der Waals surface area contributed by atoms with Gasteiger partial charge in [-0.2, -0.15) is 0 Å². The number of aliphatic carboxylic acids is 1. The van der Waals surface area contributed by atoms with E-state index in [4.69, 9.17) is 4.52 Å². The Morgan fingerprint density at radius 2 is 2.00 bits per heavy atom. The Morgan fingerprint density at radius 3 is 2.60 bits per heavy atom. The fourth-order valence-corrected chi connectivity index (χ4v) is 3.68. The summed E-state index contributed by atoms with van der Waals surface area (Å²) in [4.78, 5) is 26.0. The van der Waals surface area contributed by atoms with Crippen LogP contribution in [0.1, 0.15) is 47.4 Å². The van der Waals surface area contributed by atoms with Crippen LogP contribution in [-0.4, -0.2) is 33.1 Å². The van der Waals surface area contributed by atoms with Crippen LogP contribution in [-0.2, 0) is 22.6 Å². The molecule has 0 aliphatic carbocycles. The third kappa shape index (κ3) is 3.29. The van der Waals surface area contributed by atoms with Gasteiger partial charge >= 0.3 is 5.97 Å². The van der Waals surface area contributed by atoms with Gasteiger partial charge in [-0.1, -0.05) is 36.3 Å². The minimum Gasteiger partial charge on any atom is -0.480 e. The van der Waals surface area contributed by atoms with Gasteiger partial charge in [-0.25, -0.2) is 4.79 Å². The summed E-state index contributed by atoms with van der Waals surface area (Å²) in [5.74, 6) is -0.496. The molecule has 2 aromatic rings. The molecule has 132 valence electrons. The molecule has 1 N–H and O–H groups in total. The molecular formula is C19H22N2O4. The van der Waals surface area contributed by atoms with E-state index in [1.165, 1.54) is 4.90 Å². The van der Waals surface area contributed by atoms with Gasteiger partial charge in [0.1, 0.15) is 11.8 Å². The van der Waals surface area contributed by atoms with Crippen LogP contribution < -0.4 is 0 Å². The first kappa shape index (κ1) is 17.2. The van der Waals surface area contributed by atoms with Crippen molar-refractivity contribution >= 4 is 11.9 Å². The molecule has 2 atom stereocenters. The normalized spacial score (nSPS) is 17.9. The number of amides is 1. The van der Waals surface area contributed by atoms with Gasteiger partial charge in [0, 0.05) is 24.9 Å². The number of carbonyl (C=O) groups excluding carboxylic acids is 1. The van der Waals surface area contributed by atoms with Crippen molar-refractivity contribution in [3.05, 3.63) is 52.4 Å². The minimum absolute atomic E-state index is 0.0784. The molecule has 0 fully saturated rings. The number of hydrogen-bond donors (Lipinski definition) is 1. The maximum absolute atomic E-state index is 12.9. The quantitative estimate of drug-likeness (QED) is 0.924. The van der Waals surface area contributed by atoms with Crippen LogP contribution in [0.4, 0.5) is 0 Å². The molecule has 6 heteroatoms. The number of aryl methyl sites for hydroxylation is 2. The van der Waals surface area contributed by atoms with Crippen LogP contribution in [0.2, 0.25) is 0 Å². The van der Waals surface area contributed by atoms with Crippen LogP contribution in [0, 0.1) is 13.8 Å². The summed E-state index contributed by atoms with van der Waals surface area (Å²) in [6.07, 6.45) is 0.575. The molecule has 0 unspecified atom stereocenters. The summed E-state index contributed by atoms with van der Waals surface area (Å²) in [6.45, 7) is 5.95. The molecule has 0 bridgehead atoms.